The number of alkyl halides is 1. The molecular formula is C11H18BrN3. The molecular weight excluding hydrogens is 254 g/mol. The Hall–Kier alpha value is -0.380. The fraction of sp³-hybridized carbons (Fsp3) is 0.818. The van der Waals surface area contributed by atoms with Crippen molar-refractivity contribution in [3.8, 4) is 0 Å². The topological polar surface area (TPSA) is 30.7 Å². The molecule has 1 aliphatic rings. The molecule has 4 heteroatoms. The Bertz CT molecular complexity index is 311. The van der Waals surface area contributed by atoms with Crippen LogP contribution in [0.1, 0.15) is 44.3 Å². The molecule has 1 heterocycles. The molecule has 15 heavy (non-hydrogen) atoms. The summed E-state index contributed by atoms with van der Waals surface area (Å²) in [5, 5.41) is 9.39. The highest BCUT2D eigenvalue weighted by Crippen LogP contribution is 2.31. The Kier molecular flexibility index (Phi) is 3.78. The summed E-state index contributed by atoms with van der Waals surface area (Å²) in [5.74, 6) is 0.840. The van der Waals surface area contributed by atoms with Crippen LogP contribution in [-0.4, -0.2) is 20.3 Å². The number of hydrogen-bond donors (Lipinski definition) is 0. The van der Waals surface area contributed by atoms with Gasteiger partial charge in [-0.3, -0.25) is 0 Å². The maximum Gasteiger partial charge on any atom is 0.0835 e. The van der Waals surface area contributed by atoms with Gasteiger partial charge in [-0.15, -0.1) is 5.10 Å². The third kappa shape index (κ3) is 2.80. The Morgan fingerprint density at radius 3 is 3.13 bits per heavy atom. The zero-order valence-corrected chi connectivity index (χ0v) is 10.8. The van der Waals surface area contributed by atoms with Crippen LogP contribution in [-0.2, 0) is 6.42 Å². The van der Waals surface area contributed by atoms with Crippen LogP contribution in [0.15, 0.2) is 6.20 Å². The van der Waals surface area contributed by atoms with Gasteiger partial charge in [0.2, 0.25) is 0 Å². The summed E-state index contributed by atoms with van der Waals surface area (Å²) in [4.78, 5) is 0. The van der Waals surface area contributed by atoms with Gasteiger partial charge in [-0.25, -0.2) is 4.68 Å². The SMILES string of the molecule is CC1CCCC(n2cc(CCBr)nn2)C1. The zero-order chi connectivity index (χ0) is 10.7. The molecule has 0 saturated heterocycles. The Balaban J connectivity index is 2.01. The van der Waals surface area contributed by atoms with Crippen molar-refractivity contribution in [2.24, 2.45) is 5.92 Å². The molecule has 0 N–H and O–H groups in total. The predicted molar refractivity (Wildman–Crippen MR) is 64.2 cm³/mol. The van der Waals surface area contributed by atoms with E-state index in [1.807, 2.05) is 0 Å². The number of rotatable bonds is 3. The smallest absolute Gasteiger partial charge is 0.0835 e. The fourth-order valence-electron chi connectivity index (χ4n) is 2.35. The summed E-state index contributed by atoms with van der Waals surface area (Å²) in [6.07, 6.45) is 8.32. The second kappa shape index (κ2) is 5.10. The molecule has 1 saturated carbocycles. The number of halogens is 1. The largest absolute Gasteiger partial charge is 0.249 e. The van der Waals surface area contributed by atoms with Crippen molar-refractivity contribution in [1.82, 2.24) is 15.0 Å². The Morgan fingerprint density at radius 1 is 1.53 bits per heavy atom. The van der Waals surface area contributed by atoms with Crippen LogP contribution in [0.25, 0.3) is 0 Å². The van der Waals surface area contributed by atoms with Crippen LogP contribution in [0.2, 0.25) is 0 Å². The van der Waals surface area contributed by atoms with Gasteiger partial charge in [-0.05, 0) is 18.8 Å². The quantitative estimate of drug-likeness (QED) is 0.792. The number of hydrogen-bond acceptors (Lipinski definition) is 2. The number of aromatic nitrogens is 3. The molecule has 1 aromatic rings. The van der Waals surface area contributed by atoms with Gasteiger partial charge in [0.15, 0.2) is 0 Å². The zero-order valence-electron chi connectivity index (χ0n) is 9.19. The minimum atomic E-state index is 0.588. The van der Waals surface area contributed by atoms with Gasteiger partial charge in [-0.1, -0.05) is 40.9 Å². The van der Waals surface area contributed by atoms with Crippen molar-refractivity contribution in [3.63, 3.8) is 0 Å². The first-order chi connectivity index (χ1) is 7.29. The van der Waals surface area contributed by atoms with E-state index < -0.39 is 0 Å². The lowest BCUT2D eigenvalue weighted by molar-refractivity contribution is 0.263. The van der Waals surface area contributed by atoms with E-state index in [1.165, 1.54) is 25.7 Å². The molecule has 0 aromatic carbocycles. The lowest BCUT2D eigenvalue weighted by Crippen LogP contribution is -2.18. The highest BCUT2D eigenvalue weighted by Gasteiger charge is 2.21. The summed E-state index contributed by atoms with van der Waals surface area (Å²) in [6, 6.07) is 0.588. The summed E-state index contributed by atoms with van der Waals surface area (Å²) in [5.41, 5.74) is 1.10. The normalized spacial score (nSPS) is 26.8. The second-order valence-electron chi connectivity index (χ2n) is 4.55. The summed E-state index contributed by atoms with van der Waals surface area (Å²) >= 11 is 3.42. The van der Waals surface area contributed by atoms with E-state index in [0.29, 0.717) is 6.04 Å². The van der Waals surface area contributed by atoms with Crippen LogP contribution in [0.4, 0.5) is 0 Å². The highest BCUT2D eigenvalue weighted by molar-refractivity contribution is 9.09. The predicted octanol–water partition coefficient (Wildman–Crippen LogP) is 2.97. The maximum absolute atomic E-state index is 4.24. The van der Waals surface area contributed by atoms with Crippen LogP contribution >= 0.6 is 15.9 Å². The molecule has 84 valence electrons. The van der Waals surface area contributed by atoms with E-state index in [4.69, 9.17) is 0 Å². The van der Waals surface area contributed by atoms with Crippen molar-refractivity contribution >= 4 is 15.9 Å². The Morgan fingerprint density at radius 2 is 2.40 bits per heavy atom. The van der Waals surface area contributed by atoms with Crippen LogP contribution in [0.3, 0.4) is 0 Å². The lowest BCUT2D eigenvalue weighted by atomic mass is 9.87. The van der Waals surface area contributed by atoms with Gasteiger partial charge in [0, 0.05) is 17.9 Å². The molecule has 0 amide bonds. The summed E-state index contributed by atoms with van der Waals surface area (Å²) in [7, 11) is 0. The summed E-state index contributed by atoms with van der Waals surface area (Å²) < 4.78 is 2.08. The standard InChI is InChI=1S/C11H18BrN3/c1-9-3-2-4-11(7-9)15-8-10(5-6-12)13-14-15/h8-9,11H,2-7H2,1H3. The molecule has 0 spiro atoms. The van der Waals surface area contributed by atoms with Gasteiger partial charge in [-0.2, -0.15) is 0 Å². The average Bonchev–Trinajstić information content (AvgIpc) is 2.67. The number of aryl methyl sites for hydroxylation is 1. The third-order valence-electron chi connectivity index (χ3n) is 3.19. The van der Waals surface area contributed by atoms with Gasteiger partial charge >= 0.3 is 0 Å². The minimum absolute atomic E-state index is 0.588. The molecule has 0 aliphatic heterocycles. The molecule has 0 bridgehead atoms. The lowest BCUT2D eigenvalue weighted by Gasteiger charge is -2.26. The molecule has 2 rings (SSSR count). The van der Waals surface area contributed by atoms with Gasteiger partial charge < -0.3 is 0 Å². The second-order valence-corrected chi connectivity index (χ2v) is 5.35. The van der Waals surface area contributed by atoms with E-state index in [9.17, 15) is 0 Å². The van der Waals surface area contributed by atoms with Crippen molar-refractivity contribution < 1.29 is 0 Å². The summed E-state index contributed by atoms with van der Waals surface area (Å²) in [6.45, 7) is 2.34. The fourth-order valence-corrected chi connectivity index (χ4v) is 2.75. The molecule has 1 aliphatic carbocycles. The minimum Gasteiger partial charge on any atom is -0.249 e. The average molecular weight is 272 g/mol. The highest BCUT2D eigenvalue weighted by atomic mass is 79.9. The van der Waals surface area contributed by atoms with Crippen LogP contribution in [0.5, 0.6) is 0 Å². The molecule has 1 aromatic heterocycles. The van der Waals surface area contributed by atoms with Gasteiger partial charge in [0.05, 0.1) is 11.7 Å². The molecule has 3 nitrogen and oxygen atoms in total. The molecule has 2 atom stereocenters. The van der Waals surface area contributed by atoms with E-state index in [-0.39, 0.29) is 0 Å². The van der Waals surface area contributed by atoms with E-state index in [0.717, 1.165) is 23.4 Å². The monoisotopic (exact) mass is 271 g/mol. The van der Waals surface area contributed by atoms with E-state index in [2.05, 4.69) is 44.0 Å². The van der Waals surface area contributed by atoms with Crippen LogP contribution < -0.4 is 0 Å². The molecule has 0 radical (unpaired) electrons. The van der Waals surface area contributed by atoms with Gasteiger partial charge in [0.1, 0.15) is 0 Å². The van der Waals surface area contributed by atoms with Crippen LogP contribution in [0, 0.1) is 5.92 Å². The van der Waals surface area contributed by atoms with Crippen molar-refractivity contribution in [2.75, 3.05) is 5.33 Å². The van der Waals surface area contributed by atoms with Crippen molar-refractivity contribution in [2.45, 2.75) is 45.1 Å². The van der Waals surface area contributed by atoms with Crippen molar-refractivity contribution in [3.05, 3.63) is 11.9 Å². The van der Waals surface area contributed by atoms with E-state index >= 15 is 0 Å². The Labute approximate surface area is 99.4 Å². The molecule has 1 fully saturated rings. The number of nitrogens with zero attached hydrogens (tertiary/aromatic N) is 3. The first-order valence-corrected chi connectivity index (χ1v) is 6.88. The third-order valence-corrected chi connectivity index (χ3v) is 3.59. The van der Waals surface area contributed by atoms with Crippen molar-refractivity contribution in [1.29, 1.82) is 0 Å². The first-order valence-electron chi connectivity index (χ1n) is 5.76. The first kappa shape index (κ1) is 11.1. The van der Waals surface area contributed by atoms with Gasteiger partial charge in [0.25, 0.3) is 0 Å². The molecule has 2 unspecified atom stereocenters. The van der Waals surface area contributed by atoms with E-state index in [1.54, 1.807) is 0 Å². The maximum atomic E-state index is 4.24.